The van der Waals surface area contributed by atoms with Crippen molar-refractivity contribution in [1.82, 2.24) is 9.47 Å². The highest BCUT2D eigenvalue weighted by Crippen LogP contribution is 2.31. The lowest BCUT2D eigenvalue weighted by Crippen LogP contribution is -2.21. The van der Waals surface area contributed by atoms with Crippen LogP contribution in [0, 0.1) is 0 Å². The molecule has 2 heterocycles. The van der Waals surface area contributed by atoms with Crippen LogP contribution in [-0.2, 0) is 24.9 Å². The van der Waals surface area contributed by atoms with Crippen LogP contribution in [0.25, 0.3) is 10.9 Å². The molecule has 0 radical (unpaired) electrons. The molecule has 0 N–H and O–H groups in total. The molecule has 4 heteroatoms. The van der Waals surface area contributed by atoms with Crippen LogP contribution in [0.5, 0.6) is 0 Å². The molecule has 1 aliphatic heterocycles. The molecule has 0 amide bonds. The molecule has 1 aliphatic rings. The number of rotatable bonds is 6. The zero-order valence-electron chi connectivity index (χ0n) is 13.7. The molecule has 0 aliphatic carbocycles. The summed E-state index contributed by atoms with van der Waals surface area (Å²) in [5.41, 5.74) is 4.75. The van der Waals surface area contributed by atoms with E-state index in [0.29, 0.717) is 6.42 Å². The van der Waals surface area contributed by atoms with Crippen molar-refractivity contribution < 1.29 is 9.53 Å². The van der Waals surface area contributed by atoms with Gasteiger partial charge in [0.2, 0.25) is 0 Å². The number of hydrogen-bond donors (Lipinski definition) is 0. The van der Waals surface area contributed by atoms with Gasteiger partial charge in [0.05, 0.1) is 6.61 Å². The van der Waals surface area contributed by atoms with Gasteiger partial charge in [-0.25, -0.2) is 0 Å². The Morgan fingerprint density at radius 3 is 2.68 bits per heavy atom. The van der Waals surface area contributed by atoms with Crippen molar-refractivity contribution >= 4 is 16.7 Å². The van der Waals surface area contributed by atoms with Gasteiger partial charge in [-0.1, -0.05) is 6.92 Å². The standard InChI is InChI=1S/C18H24N2O2/c1-4-5-18(21)16-12-19(2)17-9-14-11-20(6-7-22-3)10-13(14)8-15(16)17/h8-9,12H,4-7,10-11H2,1-3H3. The maximum atomic E-state index is 12.3. The number of ketones is 1. The van der Waals surface area contributed by atoms with Gasteiger partial charge in [0.15, 0.2) is 5.78 Å². The average molecular weight is 300 g/mol. The summed E-state index contributed by atoms with van der Waals surface area (Å²) in [7, 11) is 3.76. The van der Waals surface area contributed by atoms with E-state index in [9.17, 15) is 4.79 Å². The largest absolute Gasteiger partial charge is 0.383 e. The fraction of sp³-hybridized carbons (Fsp3) is 0.500. The third-order valence-corrected chi connectivity index (χ3v) is 4.49. The summed E-state index contributed by atoms with van der Waals surface area (Å²) in [6.07, 6.45) is 3.50. The predicted octanol–water partition coefficient (Wildman–Crippen LogP) is 3.12. The molecule has 0 spiro atoms. The smallest absolute Gasteiger partial charge is 0.165 e. The Morgan fingerprint density at radius 2 is 2.00 bits per heavy atom. The first-order valence-corrected chi connectivity index (χ1v) is 7.99. The van der Waals surface area contributed by atoms with Gasteiger partial charge in [-0.15, -0.1) is 0 Å². The van der Waals surface area contributed by atoms with Crippen molar-refractivity contribution in [3.63, 3.8) is 0 Å². The van der Waals surface area contributed by atoms with Crippen LogP contribution in [0.3, 0.4) is 0 Å². The van der Waals surface area contributed by atoms with E-state index in [0.717, 1.165) is 49.1 Å². The summed E-state index contributed by atoms with van der Waals surface area (Å²) < 4.78 is 7.25. The minimum Gasteiger partial charge on any atom is -0.383 e. The van der Waals surface area contributed by atoms with Crippen molar-refractivity contribution in [3.8, 4) is 0 Å². The highest BCUT2D eigenvalue weighted by atomic mass is 16.5. The molecule has 0 unspecified atom stereocenters. The van der Waals surface area contributed by atoms with Gasteiger partial charge in [-0.2, -0.15) is 0 Å². The topological polar surface area (TPSA) is 34.5 Å². The number of carbonyl (C=O) groups is 1. The average Bonchev–Trinajstić information content (AvgIpc) is 3.04. The fourth-order valence-corrected chi connectivity index (χ4v) is 3.31. The number of carbonyl (C=O) groups excluding carboxylic acids is 1. The van der Waals surface area contributed by atoms with Crippen LogP contribution in [-0.4, -0.2) is 35.5 Å². The van der Waals surface area contributed by atoms with Crippen LogP contribution in [0.4, 0.5) is 0 Å². The van der Waals surface area contributed by atoms with E-state index in [1.54, 1.807) is 7.11 Å². The Labute approximate surface area is 131 Å². The van der Waals surface area contributed by atoms with E-state index >= 15 is 0 Å². The highest BCUT2D eigenvalue weighted by molar-refractivity contribution is 6.08. The van der Waals surface area contributed by atoms with Crippen LogP contribution < -0.4 is 0 Å². The van der Waals surface area contributed by atoms with E-state index in [2.05, 4.69) is 28.5 Å². The van der Waals surface area contributed by atoms with Gasteiger partial charge in [0.1, 0.15) is 0 Å². The first kappa shape index (κ1) is 15.3. The van der Waals surface area contributed by atoms with Crippen molar-refractivity contribution in [2.75, 3.05) is 20.3 Å². The van der Waals surface area contributed by atoms with Crippen molar-refractivity contribution in [2.24, 2.45) is 7.05 Å². The summed E-state index contributed by atoms with van der Waals surface area (Å²) in [5.74, 6) is 0.252. The number of fused-ring (bicyclic) bond motifs is 2. The number of aromatic nitrogens is 1. The highest BCUT2D eigenvalue weighted by Gasteiger charge is 2.22. The maximum absolute atomic E-state index is 12.3. The van der Waals surface area contributed by atoms with Crippen LogP contribution in [0.2, 0.25) is 0 Å². The van der Waals surface area contributed by atoms with Crippen molar-refractivity contribution in [2.45, 2.75) is 32.9 Å². The zero-order chi connectivity index (χ0) is 15.7. The third kappa shape index (κ3) is 2.69. The second kappa shape index (κ2) is 6.23. The minimum atomic E-state index is 0.252. The molecule has 0 saturated heterocycles. The Bertz CT molecular complexity index is 703. The molecule has 3 rings (SSSR count). The molecule has 0 atom stereocenters. The zero-order valence-corrected chi connectivity index (χ0v) is 13.7. The summed E-state index contributed by atoms with van der Waals surface area (Å²) in [4.78, 5) is 14.7. The Kier molecular flexibility index (Phi) is 4.32. The number of aryl methyl sites for hydroxylation is 1. The van der Waals surface area contributed by atoms with E-state index in [1.807, 2.05) is 13.2 Å². The van der Waals surface area contributed by atoms with Crippen LogP contribution in [0.1, 0.15) is 41.3 Å². The summed E-state index contributed by atoms with van der Waals surface area (Å²) in [6, 6.07) is 4.47. The number of Topliss-reactive ketones (excluding diaryl/α,β-unsaturated/α-hetero) is 1. The SMILES string of the molecule is CCCC(=O)c1cn(C)c2cc3c(cc12)CN(CCOC)C3. The molecule has 0 fully saturated rings. The summed E-state index contributed by atoms with van der Waals surface area (Å²) >= 11 is 0. The van der Waals surface area contributed by atoms with Crippen LogP contribution in [0.15, 0.2) is 18.3 Å². The molecular formula is C18H24N2O2. The molecule has 0 saturated carbocycles. The number of benzene rings is 1. The number of methoxy groups -OCH3 is 1. The Balaban J connectivity index is 1.95. The minimum absolute atomic E-state index is 0.252. The lowest BCUT2D eigenvalue weighted by Gasteiger charge is -2.13. The third-order valence-electron chi connectivity index (χ3n) is 4.49. The second-order valence-corrected chi connectivity index (χ2v) is 6.17. The molecule has 4 nitrogen and oxygen atoms in total. The maximum Gasteiger partial charge on any atom is 0.165 e. The first-order chi connectivity index (χ1) is 10.6. The summed E-state index contributed by atoms with van der Waals surface area (Å²) in [6.45, 7) is 5.67. The Morgan fingerprint density at radius 1 is 1.27 bits per heavy atom. The van der Waals surface area contributed by atoms with Gasteiger partial charge in [-0.3, -0.25) is 9.69 Å². The molecule has 118 valence electrons. The normalized spacial score (nSPS) is 14.7. The summed E-state index contributed by atoms with van der Waals surface area (Å²) in [5, 5.41) is 1.10. The van der Waals surface area contributed by atoms with Crippen LogP contribution >= 0.6 is 0 Å². The van der Waals surface area contributed by atoms with Gasteiger partial charge in [0.25, 0.3) is 0 Å². The van der Waals surface area contributed by atoms with Crippen molar-refractivity contribution in [3.05, 3.63) is 35.0 Å². The molecule has 0 bridgehead atoms. The molecular weight excluding hydrogens is 276 g/mol. The van der Waals surface area contributed by atoms with Gasteiger partial charge >= 0.3 is 0 Å². The second-order valence-electron chi connectivity index (χ2n) is 6.17. The number of ether oxygens (including phenoxy) is 1. The predicted molar refractivity (Wildman–Crippen MR) is 88.1 cm³/mol. The van der Waals surface area contributed by atoms with E-state index < -0.39 is 0 Å². The first-order valence-electron chi connectivity index (χ1n) is 7.99. The van der Waals surface area contributed by atoms with Crippen molar-refractivity contribution in [1.29, 1.82) is 0 Å². The molecule has 1 aromatic carbocycles. The lowest BCUT2D eigenvalue weighted by molar-refractivity contribution is 0.0983. The van der Waals surface area contributed by atoms with E-state index in [4.69, 9.17) is 4.74 Å². The monoisotopic (exact) mass is 300 g/mol. The van der Waals surface area contributed by atoms with Gasteiger partial charge in [-0.05, 0) is 29.7 Å². The fourth-order valence-electron chi connectivity index (χ4n) is 3.31. The Hall–Kier alpha value is -1.65. The lowest BCUT2D eigenvalue weighted by atomic mass is 10.0. The van der Waals surface area contributed by atoms with E-state index in [1.165, 1.54) is 11.1 Å². The molecule has 1 aromatic heterocycles. The van der Waals surface area contributed by atoms with Gasteiger partial charge in [0, 0.05) is 62.9 Å². The number of nitrogens with zero attached hydrogens (tertiary/aromatic N) is 2. The molecule has 2 aromatic rings. The van der Waals surface area contributed by atoms with E-state index in [-0.39, 0.29) is 5.78 Å². The quantitative estimate of drug-likeness (QED) is 0.769. The number of hydrogen-bond acceptors (Lipinski definition) is 3. The van der Waals surface area contributed by atoms with Gasteiger partial charge < -0.3 is 9.30 Å². The molecule has 22 heavy (non-hydrogen) atoms.